The van der Waals surface area contributed by atoms with Crippen molar-refractivity contribution in [1.29, 1.82) is 0 Å². The highest BCUT2D eigenvalue weighted by molar-refractivity contribution is 14.1. The molecule has 0 aliphatic carbocycles. The van der Waals surface area contributed by atoms with Crippen LogP contribution in [0.5, 0.6) is 0 Å². The van der Waals surface area contributed by atoms with Crippen molar-refractivity contribution in [3.63, 3.8) is 0 Å². The first-order valence-corrected chi connectivity index (χ1v) is 30.7. The van der Waals surface area contributed by atoms with Crippen molar-refractivity contribution < 1.29 is 19.2 Å². The van der Waals surface area contributed by atoms with E-state index in [2.05, 4.69) is 59.0 Å². The molecule has 0 fully saturated rings. The Hall–Kier alpha value is -10.5. The third-order valence-electron chi connectivity index (χ3n) is 15.8. The Morgan fingerprint density at radius 2 is 0.857 bits per heavy atom. The van der Waals surface area contributed by atoms with Gasteiger partial charge in [0.1, 0.15) is 23.5 Å². The summed E-state index contributed by atoms with van der Waals surface area (Å²) in [4.78, 5) is 84.8. The van der Waals surface area contributed by atoms with E-state index in [-0.39, 0.29) is 35.0 Å². The van der Waals surface area contributed by atoms with Gasteiger partial charge in [-0.1, -0.05) is 121 Å². The average Bonchev–Trinajstić information content (AvgIpc) is 1.36. The number of hydrogen-bond acceptors (Lipinski definition) is 9. The summed E-state index contributed by atoms with van der Waals surface area (Å²) in [5, 5.41) is 20.4. The number of halogens is 1. The first kappa shape index (κ1) is 63.5. The third kappa shape index (κ3) is 15.1. The van der Waals surface area contributed by atoms with E-state index in [9.17, 15) is 28.8 Å². The Kier molecular flexibility index (Phi) is 20.0. The molecule has 0 aliphatic heterocycles. The van der Waals surface area contributed by atoms with E-state index in [0.717, 1.165) is 59.3 Å². The lowest BCUT2D eigenvalue weighted by molar-refractivity contribution is -0.119. The maximum absolute atomic E-state index is 14.4. The van der Waals surface area contributed by atoms with Gasteiger partial charge in [0, 0.05) is 96.9 Å². The van der Waals surface area contributed by atoms with Crippen LogP contribution in [-0.4, -0.2) is 74.0 Å². The highest BCUT2D eigenvalue weighted by Crippen LogP contribution is 2.35. The smallest absolute Gasteiger partial charge is 0.270 e. The Bertz CT molecular complexity index is 4480. The molecule has 4 atom stereocenters. The Balaban J connectivity index is 0.000000201. The molecular weight excluding hydrogens is 1260 g/mol. The molecule has 460 valence electrons. The average molecular weight is 1330 g/mol. The Labute approximate surface area is 540 Å². The zero-order valence-electron chi connectivity index (χ0n) is 51.3. The van der Waals surface area contributed by atoms with Crippen molar-refractivity contribution in [3.8, 4) is 33.5 Å². The molecule has 0 saturated carbocycles. The van der Waals surface area contributed by atoms with E-state index in [4.69, 9.17) is 0 Å². The number of nitrogens with zero attached hydrogens (tertiary/aromatic N) is 8. The summed E-state index contributed by atoms with van der Waals surface area (Å²) in [6, 6.07) is 58.1. The second-order valence-electron chi connectivity index (χ2n) is 22.6. The minimum absolute atomic E-state index is 0.00394. The van der Waals surface area contributed by atoms with E-state index in [1.807, 2.05) is 215 Å². The van der Waals surface area contributed by atoms with Crippen LogP contribution in [0, 0.1) is 3.57 Å². The monoisotopic (exact) mass is 1320 g/mol. The van der Waals surface area contributed by atoms with Crippen molar-refractivity contribution in [1.82, 2.24) is 48.9 Å². The topological polar surface area (TPSA) is 214 Å². The van der Waals surface area contributed by atoms with Crippen LogP contribution in [0.15, 0.2) is 241 Å². The van der Waals surface area contributed by atoms with Gasteiger partial charge < -0.3 is 35.0 Å². The summed E-state index contributed by atoms with van der Waals surface area (Å²) in [7, 11) is 5.29. The van der Waals surface area contributed by atoms with Gasteiger partial charge in [0.05, 0.1) is 18.2 Å². The molecule has 0 radical (unpaired) electrons. The van der Waals surface area contributed by atoms with Gasteiger partial charge in [0.25, 0.3) is 22.9 Å². The highest BCUT2D eigenvalue weighted by Gasteiger charge is 2.36. The van der Waals surface area contributed by atoms with Gasteiger partial charge >= 0.3 is 0 Å². The predicted octanol–water partition coefficient (Wildman–Crippen LogP) is 11.8. The molecule has 0 bridgehead atoms. The fourth-order valence-electron chi connectivity index (χ4n) is 11.0. The molecule has 6 aromatic carbocycles. The molecule has 18 nitrogen and oxygen atoms in total. The minimum Gasteiger partial charge on any atom is -0.338 e. The Morgan fingerprint density at radius 3 is 1.24 bits per heavy atom. The van der Waals surface area contributed by atoms with Crippen molar-refractivity contribution >= 4 is 57.6 Å². The summed E-state index contributed by atoms with van der Waals surface area (Å²) < 4.78 is 9.31. The molecule has 91 heavy (non-hydrogen) atoms. The second kappa shape index (κ2) is 28.7. The van der Waals surface area contributed by atoms with Crippen molar-refractivity contribution in [3.05, 3.63) is 289 Å². The van der Waals surface area contributed by atoms with Crippen LogP contribution in [-0.2, 0) is 30.7 Å². The summed E-state index contributed by atoms with van der Waals surface area (Å²) in [5.41, 5.74) is 10.5. The van der Waals surface area contributed by atoms with Gasteiger partial charge in [-0.05, 0) is 161 Å². The van der Waals surface area contributed by atoms with E-state index in [1.54, 1.807) is 78.5 Å². The Morgan fingerprint density at radius 1 is 0.451 bits per heavy atom. The van der Waals surface area contributed by atoms with Crippen LogP contribution in [0.3, 0.4) is 0 Å². The van der Waals surface area contributed by atoms with Crippen LogP contribution in [0.25, 0.3) is 33.5 Å². The number of nitrogens with one attached hydrogen (secondary N) is 4. The molecule has 4 N–H and O–H groups in total. The fourth-order valence-corrected chi connectivity index (χ4v) is 11.4. The largest absolute Gasteiger partial charge is 0.338 e. The first-order chi connectivity index (χ1) is 43.9. The maximum Gasteiger partial charge on any atom is 0.270 e. The fraction of sp³-hybridized carbons (Fsp3) is 0.181. The number of amides is 4. The van der Waals surface area contributed by atoms with Gasteiger partial charge in [-0.15, -0.1) is 0 Å². The zero-order valence-corrected chi connectivity index (χ0v) is 53.5. The number of hydrogen-bond donors (Lipinski definition) is 4. The number of aryl methyl sites for hydroxylation is 3. The van der Waals surface area contributed by atoms with E-state index < -0.39 is 35.7 Å². The van der Waals surface area contributed by atoms with E-state index in [0.29, 0.717) is 22.8 Å². The SMILES string of the molecule is CC(C)n1cc(-c2cccc(C(c3ccccc3)C(NC(=O)c3ccnn3C)C(=O)Nc3ccc(-c4cncn4C)cc3)c2)ccc1=O.CC(C)n1cc(-c2cccc(C(c3ccccc3)C(NC(=O)c3ccnn3C)C(=O)Nc3ccc(I)cc3)c2)ccc1=O. The molecule has 4 unspecified atom stereocenters. The molecule has 0 spiro atoms. The van der Waals surface area contributed by atoms with Crippen LogP contribution in [0.2, 0.25) is 0 Å². The number of anilines is 2. The molecule has 5 aromatic heterocycles. The molecule has 4 amide bonds. The standard InChI is InChI=1S/C38H37N7O3.C34H32IN5O3/c1-25(2)45-23-30(15-18-34(45)46)28-11-8-12-29(21-28)35(27-9-6-5-7-10-27)36(42-37(47)32-19-20-40-44(32)4)38(48)41-31-16-13-26(14-17-31)33-22-39-24-43(33)3;1-22(2)40-21-26(12-17-30(40)41)24-10-7-11-25(20-24)31(23-8-5-4-6-9-23)32(38-33(42)29-18-19-36-39(29)3)34(43)37-28-15-13-27(35)14-16-28/h5-25,35-36H,1-4H3,(H,41,48)(H,42,47);4-22,31-32H,1-3H3,(H,37,43)(H,38,42). The molecule has 0 aliphatic rings. The van der Waals surface area contributed by atoms with Gasteiger partial charge in [-0.25, -0.2) is 4.98 Å². The molecule has 19 heteroatoms. The normalized spacial score (nSPS) is 12.5. The lowest BCUT2D eigenvalue weighted by Gasteiger charge is -2.29. The third-order valence-corrected chi connectivity index (χ3v) is 16.5. The van der Waals surface area contributed by atoms with Gasteiger partial charge in [0.15, 0.2) is 0 Å². The van der Waals surface area contributed by atoms with Crippen molar-refractivity contribution in [2.75, 3.05) is 10.6 Å². The minimum atomic E-state index is -1.02. The number of carbonyl (C=O) groups excluding carboxylic acids is 4. The summed E-state index contributed by atoms with van der Waals surface area (Å²) in [6.07, 6.45) is 10.3. The van der Waals surface area contributed by atoms with Crippen LogP contribution in [0.1, 0.15) is 94.8 Å². The quantitative estimate of drug-likeness (QED) is 0.0566. The number of pyridine rings is 2. The summed E-state index contributed by atoms with van der Waals surface area (Å²) in [5.74, 6) is -2.70. The zero-order chi connectivity index (χ0) is 64.3. The van der Waals surface area contributed by atoms with Crippen LogP contribution < -0.4 is 32.4 Å². The van der Waals surface area contributed by atoms with E-state index in [1.165, 1.54) is 9.36 Å². The number of rotatable bonds is 19. The van der Waals surface area contributed by atoms with Gasteiger partial charge in [-0.3, -0.25) is 38.1 Å². The highest BCUT2D eigenvalue weighted by atomic mass is 127. The molecular formula is C72H69IN12O6. The lowest BCUT2D eigenvalue weighted by Crippen LogP contribution is -2.48. The van der Waals surface area contributed by atoms with Crippen molar-refractivity contribution in [2.24, 2.45) is 21.1 Å². The molecule has 11 aromatic rings. The second-order valence-corrected chi connectivity index (χ2v) is 23.8. The van der Waals surface area contributed by atoms with E-state index >= 15 is 0 Å². The van der Waals surface area contributed by atoms with Crippen molar-refractivity contribution in [2.45, 2.75) is 63.7 Å². The van der Waals surface area contributed by atoms with Crippen LogP contribution in [0.4, 0.5) is 11.4 Å². The number of benzene rings is 6. The molecule has 0 saturated heterocycles. The first-order valence-electron chi connectivity index (χ1n) is 29.7. The number of aromatic nitrogens is 8. The van der Waals surface area contributed by atoms with Crippen LogP contribution >= 0.6 is 22.6 Å². The maximum atomic E-state index is 14.4. The number of carbonyl (C=O) groups is 4. The lowest BCUT2D eigenvalue weighted by atomic mass is 9.83. The summed E-state index contributed by atoms with van der Waals surface area (Å²) in [6.45, 7) is 7.87. The summed E-state index contributed by atoms with van der Waals surface area (Å²) >= 11 is 2.21. The molecule has 11 rings (SSSR count). The number of imidazole rings is 1. The molecule has 5 heterocycles. The van der Waals surface area contributed by atoms with Gasteiger partial charge in [-0.2, -0.15) is 10.2 Å². The predicted molar refractivity (Wildman–Crippen MR) is 364 cm³/mol. The van der Waals surface area contributed by atoms with Gasteiger partial charge in [0.2, 0.25) is 11.8 Å².